The van der Waals surface area contributed by atoms with Crippen molar-refractivity contribution in [3.63, 3.8) is 0 Å². The second-order valence-corrected chi connectivity index (χ2v) is 12.7. The Morgan fingerprint density at radius 1 is 0.951 bits per heavy atom. The van der Waals surface area contributed by atoms with Crippen LogP contribution in [0, 0.1) is 0 Å². The molecule has 3 N–H and O–H groups in total. The molecule has 7 nitrogen and oxygen atoms in total. The van der Waals surface area contributed by atoms with Gasteiger partial charge >= 0.3 is 12.1 Å². The Bertz CT molecular complexity index is 1440. The first-order chi connectivity index (χ1) is 19.1. The number of sulfonamides is 1. The Morgan fingerprint density at radius 2 is 1.61 bits per heavy atom. The highest BCUT2D eigenvalue weighted by Crippen LogP contribution is 2.30. The maximum Gasteiger partial charge on any atom is 0.416 e. The lowest BCUT2D eigenvalue weighted by molar-refractivity contribution is -0.138. The summed E-state index contributed by atoms with van der Waals surface area (Å²) in [6.45, 7) is 3.42. The van der Waals surface area contributed by atoms with Crippen LogP contribution in [0.25, 0.3) is 11.1 Å². The van der Waals surface area contributed by atoms with Crippen molar-refractivity contribution in [1.82, 2.24) is 9.62 Å². The molecule has 0 saturated heterocycles. The molecule has 41 heavy (non-hydrogen) atoms. The van der Waals surface area contributed by atoms with Crippen molar-refractivity contribution in [1.29, 1.82) is 0 Å². The van der Waals surface area contributed by atoms with Crippen LogP contribution in [-0.2, 0) is 33.8 Å². The van der Waals surface area contributed by atoms with Crippen LogP contribution in [-0.4, -0.2) is 60.7 Å². The summed E-state index contributed by atoms with van der Waals surface area (Å²) >= 11 is 0. The van der Waals surface area contributed by atoms with Gasteiger partial charge in [0, 0.05) is 32.1 Å². The summed E-state index contributed by atoms with van der Waals surface area (Å²) in [5.74, 6) is -0.879. The molecule has 0 amide bonds. The predicted octanol–water partition coefficient (Wildman–Crippen LogP) is 4.98. The fraction of sp³-hybridized carbons (Fsp3) is 0.367. The van der Waals surface area contributed by atoms with E-state index in [4.69, 9.17) is 5.11 Å². The van der Waals surface area contributed by atoms with Gasteiger partial charge in [-0.2, -0.15) is 17.5 Å². The first-order valence-corrected chi connectivity index (χ1v) is 14.5. The number of aliphatic hydroxyl groups excluding tert-OH is 1. The van der Waals surface area contributed by atoms with E-state index in [0.29, 0.717) is 17.5 Å². The maximum atomic E-state index is 13.3. The van der Waals surface area contributed by atoms with Crippen LogP contribution in [0.15, 0.2) is 77.7 Å². The Hall–Kier alpha value is -3.25. The highest BCUT2D eigenvalue weighted by Gasteiger charge is 2.31. The molecule has 222 valence electrons. The second kappa shape index (κ2) is 13.2. The van der Waals surface area contributed by atoms with Crippen molar-refractivity contribution < 1.29 is 36.6 Å². The Labute approximate surface area is 238 Å². The third-order valence-corrected chi connectivity index (χ3v) is 8.46. The van der Waals surface area contributed by atoms with Gasteiger partial charge in [-0.05, 0) is 67.1 Å². The van der Waals surface area contributed by atoms with Crippen molar-refractivity contribution in [3.8, 4) is 11.1 Å². The minimum Gasteiger partial charge on any atom is -0.481 e. The van der Waals surface area contributed by atoms with Crippen molar-refractivity contribution in [3.05, 3.63) is 89.5 Å². The smallest absolute Gasteiger partial charge is 0.416 e. The number of aliphatic hydroxyl groups is 1. The molecule has 1 atom stereocenters. The van der Waals surface area contributed by atoms with Crippen molar-refractivity contribution in [2.24, 2.45) is 0 Å². The molecule has 0 aliphatic heterocycles. The molecule has 11 heteroatoms. The largest absolute Gasteiger partial charge is 0.481 e. The third kappa shape index (κ3) is 9.39. The van der Waals surface area contributed by atoms with E-state index in [1.165, 1.54) is 19.2 Å². The number of carboxylic acids is 1. The number of carboxylic acid groups (broad SMARTS) is 1. The van der Waals surface area contributed by atoms with E-state index in [9.17, 15) is 31.5 Å². The van der Waals surface area contributed by atoms with Gasteiger partial charge in [0.25, 0.3) is 0 Å². The third-order valence-electron chi connectivity index (χ3n) is 6.64. The monoisotopic (exact) mass is 592 g/mol. The first-order valence-electron chi connectivity index (χ1n) is 13.0. The van der Waals surface area contributed by atoms with Gasteiger partial charge in [0.05, 0.1) is 16.6 Å². The second-order valence-electron chi connectivity index (χ2n) is 10.7. The Kier molecular flexibility index (Phi) is 10.4. The molecule has 0 radical (unpaired) electrons. The normalized spacial score (nSPS) is 13.4. The molecule has 3 aromatic carbocycles. The van der Waals surface area contributed by atoms with E-state index in [1.807, 2.05) is 24.3 Å². The number of benzene rings is 3. The van der Waals surface area contributed by atoms with Crippen LogP contribution in [0.3, 0.4) is 0 Å². The number of alkyl halides is 3. The van der Waals surface area contributed by atoms with Crippen LogP contribution in [0.1, 0.15) is 37.0 Å². The van der Waals surface area contributed by atoms with Gasteiger partial charge in [-0.3, -0.25) is 4.79 Å². The number of hydrogen-bond donors (Lipinski definition) is 3. The molecule has 0 heterocycles. The fourth-order valence-electron chi connectivity index (χ4n) is 4.42. The van der Waals surface area contributed by atoms with E-state index in [2.05, 4.69) is 5.32 Å². The SMILES string of the molecule is CN(CC(O)CNC(C)(C)Cc1cccc(C(F)(F)F)c1)S(=O)(=O)c1cccc(-c2ccc(CCC(=O)O)cc2)c1. The van der Waals surface area contributed by atoms with E-state index in [-0.39, 0.29) is 30.8 Å². The Morgan fingerprint density at radius 3 is 2.24 bits per heavy atom. The molecule has 1 unspecified atom stereocenters. The number of aliphatic carboxylic acids is 1. The van der Waals surface area contributed by atoms with Gasteiger partial charge in [0.1, 0.15) is 0 Å². The van der Waals surface area contributed by atoms with Gasteiger partial charge in [-0.15, -0.1) is 0 Å². The zero-order chi connectivity index (χ0) is 30.4. The van der Waals surface area contributed by atoms with Crippen LogP contribution in [0.4, 0.5) is 13.2 Å². The molecule has 0 aromatic heterocycles. The molecule has 0 fully saturated rings. The molecule has 0 aliphatic carbocycles. The number of halogens is 3. The van der Waals surface area contributed by atoms with Crippen LogP contribution in [0.2, 0.25) is 0 Å². The van der Waals surface area contributed by atoms with Crippen molar-refractivity contribution >= 4 is 16.0 Å². The summed E-state index contributed by atoms with van der Waals surface area (Å²) in [5, 5.41) is 22.6. The number of nitrogens with zero attached hydrogens (tertiary/aromatic N) is 1. The van der Waals surface area contributed by atoms with Gasteiger partial charge < -0.3 is 15.5 Å². The van der Waals surface area contributed by atoms with Crippen molar-refractivity contribution in [2.75, 3.05) is 20.1 Å². The summed E-state index contributed by atoms with van der Waals surface area (Å²) in [5.41, 5.74) is 1.40. The summed E-state index contributed by atoms with van der Waals surface area (Å²) < 4.78 is 66.7. The standard InChI is InChI=1S/C30H35F3N2O5S/c1-29(2,18-22-6-4-8-25(16-22)30(31,32)33)34-19-26(36)20-35(3)41(39,40)27-9-5-7-24(17-27)23-13-10-21(11-14-23)12-15-28(37)38/h4-11,13-14,16-17,26,34,36H,12,15,18-20H2,1-3H3,(H,37,38). The zero-order valence-corrected chi connectivity index (χ0v) is 24.0. The van der Waals surface area contributed by atoms with Gasteiger partial charge in [-0.1, -0.05) is 54.6 Å². The van der Waals surface area contributed by atoms with E-state index in [0.717, 1.165) is 27.6 Å². The number of nitrogens with one attached hydrogen (secondary N) is 1. The number of carbonyl (C=O) groups is 1. The first kappa shape index (κ1) is 32.3. The molecule has 0 spiro atoms. The van der Waals surface area contributed by atoms with E-state index in [1.54, 1.807) is 38.1 Å². The quantitative estimate of drug-likeness (QED) is 0.259. The number of aryl methyl sites for hydroxylation is 1. The highest BCUT2D eigenvalue weighted by molar-refractivity contribution is 7.89. The van der Waals surface area contributed by atoms with Crippen LogP contribution < -0.4 is 5.32 Å². The lowest BCUT2D eigenvalue weighted by Crippen LogP contribution is -2.47. The topological polar surface area (TPSA) is 107 Å². The number of β-amino-alcohol motifs (C(OH)–C–C–N with tert-alkyl or cyclic N) is 1. The molecule has 0 saturated carbocycles. The van der Waals surface area contributed by atoms with Crippen molar-refractivity contribution in [2.45, 2.75) is 55.8 Å². The average Bonchev–Trinajstić information content (AvgIpc) is 2.90. The minimum absolute atomic E-state index is 0.0219. The molecule has 0 bridgehead atoms. The maximum absolute atomic E-state index is 13.3. The van der Waals surface area contributed by atoms with Gasteiger partial charge in [0.2, 0.25) is 10.0 Å². The number of likely N-dealkylation sites (N-methyl/N-ethyl adjacent to an activating group) is 1. The lowest BCUT2D eigenvalue weighted by Gasteiger charge is -2.29. The summed E-state index contributed by atoms with van der Waals surface area (Å²) in [6, 6.07) is 18.7. The molecular formula is C30H35F3N2O5S. The minimum atomic E-state index is -4.44. The zero-order valence-electron chi connectivity index (χ0n) is 23.1. The van der Waals surface area contributed by atoms with Gasteiger partial charge in [-0.25, -0.2) is 8.42 Å². The number of hydrogen-bond acceptors (Lipinski definition) is 5. The lowest BCUT2D eigenvalue weighted by atomic mass is 9.93. The van der Waals surface area contributed by atoms with E-state index < -0.39 is 39.4 Å². The van der Waals surface area contributed by atoms with Crippen LogP contribution >= 0.6 is 0 Å². The Balaban J connectivity index is 1.61. The number of rotatable bonds is 13. The summed E-state index contributed by atoms with van der Waals surface area (Å²) in [7, 11) is -2.57. The fourth-order valence-corrected chi connectivity index (χ4v) is 5.67. The highest BCUT2D eigenvalue weighted by atomic mass is 32.2. The predicted molar refractivity (Wildman–Crippen MR) is 151 cm³/mol. The molecule has 0 aliphatic rings. The molecule has 3 rings (SSSR count). The summed E-state index contributed by atoms with van der Waals surface area (Å²) in [4.78, 5) is 10.8. The molecular weight excluding hydrogens is 557 g/mol. The average molecular weight is 593 g/mol. The van der Waals surface area contributed by atoms with Gasteiger partial charge in [0.15, 0.2) is 0 Å². The summed E-state index contributed by atoms with van der Waals surface area (Å²) in [6.07, 6.45) is -4.82. The van der Waals surface area contributed by atoms with E-state index >= 15 is 0 Å². The molecule has 3 aromatic rings. The van der Waals surface area contributed by atoms with Crippen LogP contribution in [0.5, 0.6) is 0 Å².